The molecule has 3 aromatic rings. The Morgan fingerprint density at radius 2 is 1.72 bits per heavy atom. The van der Waals surface area contributed by atoms with Gasteiger partial charge in [-0.2, -0.15) is 4.31 Å². The van der Waals surface area contributed by atoms with Gasteiger partial charge in [0.2, 0.25) is 15.9 Å². The van der Waals surface area contributed by atoms with E-state index in [9.17, 15) is 13.2 Å². The Labute approximate surface area is 232 Å². The summed E-state index contributed by atoms with van der Waals surface area (Å²) < 4.78 is 35.5. The smallest absolute Gasteiger partial charge is 0.247 e. The normalized spacial score (nSPS) is 18.3. The van der Waals surface area contributed by atoms with E-state index in [1.807, 2.05) is 37.6 Å². The highest BCUT2D eigenvalue weighted by Crippen LogP contribution is 2.30. The van der Waals surface area contributed by atoms with Crippen molar-refractivity contribution in [3.63, 3.8) is 0 Å². The first-order valence-electron chi connectivity index (χ1n) is 14.1. The molecule has 39 heavy (non-hydrogen) atoms. The van der Waals surface area contributed by atoms with Crippen LogP contribution in [0.15, 0.2) is 47.5 Å². The van der Waals surface area contributed by atoms with Crippen molar-refractivity contribution in [1.82, 2.24) is 13.8 Å². The third kappa shape index (κ3) is 6.06. The van der Waals surface area contributed by atoms with Gasteiger partial charge in [-0.1, -0.05) is 18.6 Å². The number of hydrogen-bond donors (Lipinski definition) is 1. The molecule has 9 heteroatoms. The second kappa shape index (κ2) is 11.8. The van der Waals surface area contributed by atoms with Crippen molar-refractivity contribution in [1.29, 1.82) is 0 Å². The van der Waals surface area contributed by atoms with Gasteiger partial charge in [0.15, 0.2) is 0 Å². The van der Waals surface area contributed by atoms with Crippen LogP contribution in [0.3, 0.4) is 0 Å². The van der Waals surface area contributed by atoms with Crippen LogP contribution in [-0.2, 0) is 26.0 Å². The Morgan fingerprint density at radius 3 is 2.46 bits per heavy atom. The van der Waals surface area contributed by atoms with Crippen molar-refractivity contribution in [2.24, 2.45) is 0 Å². The number of fused-ring (bicyclic) bond motifs is 1. The molecule has 2 aromatic carbocycles. The topological polar surface area (TPSA) is 83.9 Å². The van der Waals surface area contributed by atoms with E-state index in [1.54, 1.807) is 16.4 Å². The van der Waals surface area contributed by atoms with Gasteiger partial charge in [-0.05, 0) is 81.0 Å². The summed E-state index contributed by atoms with van der Waals surface area (Å²) >= 11 is 0. The molecule has 8 nitrogen and oxygen atoms in total. The lowest BCUT2D eigenvalue weighted by molar-refractivity contribution is -0.118. The number of nitrogens with one attached hydrogen (secondary N) is 1. The molecular formula is C30H40N4O4S. The first-order valence-corrected chi connectivity index (χ1v) is 15.5. The van der Waals surface area contributed by atoms with Crippen LogP contribution >= 0.6 is 0 Å². The van der Waals surface area contributed by atoms with E-state index in [-0.39, 0.29) is 5.91 Å². The second-order valence-electron chi connectivity index (χ2n) is 10.9. The molecule has 0 radical (unpaired) electrons. The molecule has 210 valence electrons. The van der Waals surface area contributed by atoms with Crippen molar-refractivity contribution >= 4 is 32.5 Å². The van der Waals surface area contributed by atoms with E-state index in [1.165, 1.54) is 5.56 Å². The maximum Gasteiger partial charge on any atom is 0.247 e. The van der Waals surface area contributed by atoms with Crippen molar-refractivity contribution in [2.75, 3.05) is 51.3 Å². The third-order valence-electron chi connectivity index (χ3n) is 8.13. The molecule has 1 aromatic heterocycles. The summed E-state index contributed by atoms with van der Waals surface area (Å²) in [6.07, 6.45) is 5.74. The number of carbonyl (C=O) groups is 1. The lowest BCUT2D eigenvalue weighted by Gasteiger charge is -2.26. The van der Waals surface area contributed by atoms with Gasteiger partial charge in [-0.25, -0.2) is 8.42 Å². The van der Waals surface area contributed by atoms with Gasteiger partial charge in [-0.3, -0.25) is 9.69 Å². The number of benzene rings is 2. The number of nitrogens with zero attached hydrogens (tertiary/aromatic N) is 3. The van der Waals surface area contributed by atoms with Crippen molar-refractivity contribution in [2.45, 2.75) is 57.4 Å². The zero-order valence-electron chi connectivity index (χ0n) is 23.3. The molecule has 1 atom stereocenters. The predicted molar refractivity (Wildman–Crippen MR) is 155 cm³/mol. The highest BCUT2D eigenvalue weighted by atomic mass is 32.2. The Kier molecular flexibility index (Phi) is 8.42. The van der Waals surface area contributed by atoms with Gasteiger partial charge in [-0.15, -0.1) is 0 Å². The molecule has 2 fully saturated rings. The van der Waals surface area contributed by atoms with Crippen LogP contribution in [0.1, 0.15) is 48.9 Å². The molecule has 3 heterocycles. The molecule has 0 aliphatic carbocycles. The Balaban J connectivity index is 1.32. The fourth-order valence-corrected chi connectivity index (χ4v) is 7.12. The molecular weight excluding hydrogens is 512 g/mol. The minimum absolute atomic E-state index is 0.106. The van der Waals surface area contributed by atoms with Crippen molar-refractivity contribution in [3.8, 4) is 0 Å². The van der Waals surface area contributed by atoms with Gasteiger partial charge in [0, 0.05) is 55.5 Å². The Bertz CT molecular complexity index is 1440. The maximum atomic E-state index is 13.4. The van der Waals surface area contributed by atoms with Crippen LogP contribution in [0.2, 0.25) is 0 Å². The van der Waals surface area contributed by atoms with Crippen molar-refractivity contribution < 1.29 is 17.9 Å². The molecule has 2 saturated heterocycles. The van der Waals surface area contributed by atoms with E-state index < -0.39 is 16.1 Å². The standard InChI is InChI=1S/C30H40N4O4S/c1-22-7-8-25(11-14-32-15-17-38-18-16-32)19-28(22)31-30(35)24(3)34-21-23(2)27-20-26(9-10-29(27)34)39(36,37)33-12-5-4-6-13-33/h7-10,19-21,24H,4-6,11-18H2,1-3H3,(H,31,35). The average molecular weight is 553 g/mol. The number of aryl methyl sites for hydroxylation is 2. The van der Waals surface area contributed by atoms with E-state index in [4.69, 9.17) is 4.74 Å². The molecule has 0 saturated carbocycles. The molecule has 2 aliphatic rings. The first kappa shape index (κ1) is 27.8. The SMILES string of the molecule is Cc1ccc(CCN2CCOCC2)cc1NC(=O)C(C)n1cc(C)c2cc(S(=O)(=O)N3CCCCC3)ccc21. The third-order valence-corrected chi connectivity index (χ3v) is 10.0. The number of carbonyl (C=O) groups excluding carboxylic acids is 1. The van der Waals surface area contributed by atoms with Crippen LogP contribution < -0.4 is 5.32 Å². The van der Waals surface area contributed by atoms with E-state index in [2.05, 4.69) is 28.4 Å². The zero-order valence-corrected chi connectivity index (χ0v) is 24.1. The van der Waals surface area contributed by atoms with Crippen LogP contribution in [0.5, 0.6) is 0 Å². The van der Waals surface area contributed by atoms with Gasteiger partial charge >= 0.3 is 0 Å². The largest absolute Gasteiger partial charge is 0.379 e. The Hall–Kier alpha value is -2.72. The number of amides is 1. The second-order valence-corrected chi connectivity index (χ2v) is 12.8. The molecule has 0 bridgehead atoms. The molecule has 5 rings (SSSR count). The van der Waals surface area contributed by atoms with Crippen LogP contribution in [0, 0.1) is 13.8 Å². The minimum Gasteiger partial charge on any atom is -0.379 e. The quantitative estimate of drug-likeness (QED) is 0.445. The maximum absolute atomic E-state index is 13.4. The highest BCUT2D eigenvalue weighted by Gasteiger charge is 2.27. The minimum atomic E-state index is -3.52. The number of morpholine rings is 1. The summed E-state index contributed by atoms with van der Waals surface area (Å²) in [5, 5.41) is 4.00. The molecule has 1 N–H and O–H groups in total. The highest BCUT2D eigenvalue weighted by molar-refractivity contribution is 7.89. The zero-order chi connectivity index (χ0) is 27.6. The summed E-state index contributed by atoms with van der Waals surface area (Å²) in [7, 11) is -3.52. The number of rotatable bonds is 8. The number of anilines is 1. The summed E-state index contributed by atoms with van der Waals surface area (Å²) in [6, 6.07) is 11.1. The van der Waals surface area contributed by atoms with Crippen LogP contribution in [0.4, 0.5) is 5.69 Å². The fourth-order valence-electron chi connectivity index (χ4n) is 5.57. The Morgan fingerprint density at radius 1 is 0.974 bits per heavy atom. The van der Waals surface area contributed by atoms with Gasteiger partial charge in [0.05, 0.1) is 18.1 Å². The summed E-state index contributed by atoms with van der Waals surface area (Å²) in [6.45, 7) is 11.5. The van der Waals surface area contributed by atoms with Crippen molar-refractivity contribution in [3.05, 3.63) is 59.3 Å². The monoisotopic (exact) mass is 552 g/mol. The number of piperidine rings is 1. The first-order chi connectivity index (χ1) is 18.7. The molecule has 1 unspecified atom stereocenters. The lowest BCUT2D eigenvalue weighted by atomic mass is 10.1. The molecule has 2 aliphatic heterocycles. The van der Waals surface area contributed by atoms with Gasteiger partial charge < -0.3 is 14.6 Å². The lowest BCUT2D eigenvalue weighted by Crippen LogP contribution is -2.37. The van der Waals surface area contributed by atoms with Gasteiger partial charge in [0.25, 0.3) is 0 Å². The number of ether oxygens (including phenoxy) is 1. The van der Waals surface area contributed by atoms with Gasteiger partial charge in [0.1, 0.15) is 6.04 Å². The summed E-state index contributed by atoms with van der Waals surface area (Å²) in [4.78, 5) is 16.1. The molecule has 1 amide bonds. The molecule has 0 spiro atoms. The van der Waals surface area contributed by atoms with E-state index >= 15 is 0 Å². The summed E-state index contributed by atoms with van der Waals surface area (Å²) in [5.41, 5.74) is 4.84. The van der Waals surface area contributed by atoms with E-state index in [0.717, 1.165) is 86.2 Å². The average Bonchev–Trinajstić information content (AvgIpc) is 3.29. The predicted octanol–water partition coefficient (Wildman–Crippen LogP) is 4.51. The van der Waals surface area contributed by atoms with E-state index in [0.29, 0.717) is 18.0 Å². The van der Waals surface area contributed by atoms with Crippen LogP contribution in [-0.4, -0.2) is 74.0 Å². The number of sulfonamides is 1. The fraction of sp³-hybridized carbons (Fsp3) is 0.500. The number of aromatic nitrogens is 1. The summed E-state index contributed by atoms with van der Waals surface area (Å²) in [5.74, 6) is -0.106. The van der Waals surface area contributed by atoms with Crippen LogP contribution in [0.25, 0.3) is 10.9 Å². The number of hydrogen-bond acceptors (Lipinski definition) is 5.